The Balaban J connectivity index is 2.08. The lowest BCUT2D eigenvalue weighted by atomic mass is 9.91. The number of rotatable bonds is 3. The van der Waals surface area contributed by atoms with Crippen molar-refractivity contribution in [2.75, 3.05) is 20.2 Å². The average molecular weight is 223 g/mol. The minimum Gasteiger partial charge on any atom is -0.494 e. The van der Waals surface area contributed by atoms with Gasteiger partial charge in [-0.2, -0.15) is 0 Å². The van der Waals surface area contributed by atoms with Gasteiger partial charge in [0.05, 0.1) is 7.11 Å². The number of nitrogens with one attached hydrogen (secondary N) is 1. The van der Waals surface area contributed by atoms with Crippen LogP contribution < -0.4 is 10.1 Å². The third-order valence-electron chi connectivity index (χ3n) is 3.23. The molecule has 2 rings (SSSR count). The summed E-state index contributed by atoms with van der Waals surface area (Å²) in [4.78, 5) is 0. The Morgan fingerprint density at radius 3 is 2.81 bits per heavy atom. The number of piperidine rings is 1. The molecule has 3 heteroatoms. The van der Waals surface area contributed by atoms with Crippen molar-refractivity contribution in [2.45, 2.75) is 19.3 Å². The first-order valence-corrected chi connectivity index (χ1v) is 5.83. The minimum absolute atomic E-state index is 0.191. The average Bonchev–Trinajstić information content (AvgIpc) is 2.33. The molecule has 1 fully saturated rings. The third-order valence-corrected chi connectivity index (χ3v) is 3.23. The summed E-state index contributed by atoms with van der Waals surface area (Å²) >= 11 is 0. The van der Waals surface area contributed by atoms with E-state index in [9.17, 15) is 4.39 Å². The van der Waals surface area contributed by atoms with Crippen molar-refractivity contribution in [1.29, 1.82) is 0 Å². The second kappa shape index (κ2) is 5.30. The van der Waals surface area contributed by atoms with Crippen LogP contribution in [0.4, 0.5) is 4.39 Å². The van der Waals surface area contributed by atoms with E-state index < -0.39 is 0 Å². The van der Waals surface area contributed by atoms with Crippen molar-refractivity contribution in [3.8, 4) is 5.75 Å². The lowest BCUT2D eigenvalue weighted by Crippen LogP contribution is -2.28. The van der Waals surface area contributed by atoms with Gasteiger partial charge in [0.1, 0.15) is 0 Å². The molecule has 0 spiro atoms. The van der Waals surface area contributed by atoms with Crippen LogP contribution in [0.3, 0.4) is 0 Å². The normalized spacial score (nSPS) is 17.4. The van der Waals surface area contributed by atoms with Crippen LogP contribution in [-0.2, 0) is 6.42 Å². The molecule has 0 unspecified atom stereocenters. The predicted octanol–water partition coefficient (Wildman–Crippen LogP) is 2.38. The van der Waals surface area contributed by atoms with Gasteiger partial charge in [0, 0.05) is 0 Å². The Bertz CT molecular complexity index is 348. The molecule has 0 aliphatic carbocycles. The molecule has 0 atom stereocenters. The maximum absolute atomic E-state index is 13.9. The molecule has 1 heterocycles. The van der Waals surface area contributed by atoms with Gasteiger partial charge in [-0.05, 0) is 49.9 Å². The zero-order valence-corrected chi connectivity index (χ0v) is 9.63. The van der Waals surface area contributed by atoms with Crippen LogP contribution >= 0.6 is 0 Å². The highest BCUT2D eigenvalue weighted by molar-refractivity contribution is 5.31. The number of methoxy groups -OCH3 is 1. The number of benzene rings is 1. The summed E-state index contributed by atoms with van der Waals surface area (Å²) in [6.07, 6.45) is 3.10. The van der Waals surface area contributed by atoms with E-state index in [1.54, 1.807) is 6.07 Å². The van der Waals surface area contributed by atoms with Gasteiger partial charge in [0.25, 0.3) is 0 Å². The van der Waals surface area contributed by atoms with E-state index in [2.05, 4.69) is 5.32 Å². The SMILES string of the molecule is COc1cccc(CC2CCNCC2)c1F. The van der Waals surface area contributed by atoms with Crippen LogP contribution in [0.15, 0.2) is 18.2 Å². The summed E-state index contributed by atoms with van der Waals surface area (Å²) in [6, 6.07) is 5.39. The number of halogens is 1. The molecule has 88 valence electrons. The van der Waals surface area contributed by atoms with E-state index in [4.69, 9.17) is 4.74 Å². The zero-order chi connectivity index (χ0) is 11.4. The highest BCUT2D eigenvalue weighted by Crippen LogP contribution is 2.25. The fourth-order valence-corrected chi connectivity index (χ4v) is 2.27. The summed E-state index contributed by atoms with van der Waals surface area (Å²) in [5, 5.41) is 3.32. The lowest BCUT2D eigenvalue weighted by molar-refractivity contribution is 0.359. The smallest absolute Gasteiger partial charge is 0.168 e. The van der Waals surface area contributed by atoms with Crippen molar-refractivity contribution in [2.24, 2.45) is 5.92 Å². The van der Waals surface area contributed by atoms with Crippen LogP contribution in [0.2, 0.25) is 0 Å². The fraction of sp³-hybridized carbons (Fsp3) is 0.538. The summed E-state index contributed by atoms with van der Waals surface area (Å²) in [7, 11) is 1.51. The van der Waals surface area contributed by atoms with E-state index >= 15 is 0 Å². The number of hydrogen-bond donors (Lipinski definition) is 1. The molecule has 1 aromatic rings. The highest BCUT2D eigenvalue weighted by Gasteiger charge is 2.16. The third kappa shape index (κ3) is 2.53. The lowest BCUT2D eigenvalue weighted by Gasteiger charge is -2.22. The molecule has 0 bridgehead atoms. The maximum atomic E-state index is 13.9. The summed E-state index contributed by atoms with van der Waals surface area (Å²) in [5.41, 5.74) is 0.784. The van der Waals surface area contributed by atoms with E-state index in [0.717, 1.165) is 37.9 Å². The van der Waals surface area contributed by atoms with Gasteiger partial charge in [0.2, 0.25) is 0 Å². The largest absolute Gasteiger partial charge is 0.494 e. The van der Waals surface area contributed by atoms with Crippen LogP contribution in [0, 0.1) is 11.7 Å². The molecule has 0 saturated carbocycles. The number of hydrogen-bond acceptors (Lipinski definition) is 2. The summed E-state index contributed by atoms with van der Waals surface area (Å²) in [5.74, 6) is 0.762. The van der Waals surface area contributed by atoms with E-state index in [0.29, 0.717) is 11.7 Å². The standard InChI is InChI=1S/C13H18FNO/c1-16-12-4-2-3-11(13(12)14)9-10-5-7-15-8-6-10/h2-4,10,15H,5-9H2,1H3. The Kier molecular flexibility index (Phi) is 3.78. The molecule has 1 N–H and O–H groups in total. The van der Waals surface area contributed by atoms with Crippen molar-refractivity contribution in [3.63, 3.8) is 0 Å². The molecular formula is C13H18FNO. The van der Waals surface area contributed by atoms with Crippen molar-refractivity contribution < 1.29 is 9.13 Å². The second-order valence-electron chi connectivity index (χ2n) is 4.33. The van der Waals surface area contributed by atoms with Gasteiger partial charge >= 0.3 is 0 Å². The summed E-state index contributed by atoms with van der Waals surface area (Å²) < 4.78 is 18.9. The molecule has 0 aromatic heterocycles. The first-order valence-electron chi connectivity index (χ1n) is 5.83. The van der Waals surface area contributed by atoms with Crippen molar-refractivity contribution in [1.82, 2.24) is 5.32 Å². The van der Waals surface area contributed by atoms with Crippen LogP contribution in [0.25, 0.3) is 0 Å². The molecule has 2 nitrogen and oxygen atoms in total. The topological polar surface area (TPSA) is 21.3 Å². The van der Waals surface area contributed by atoms with Gasteiger partial charge < -0.3 is 10.1 Å². The molecule has 1 aromatic carbocycles. The van der Waals surface area contributed by atoms with Crippen LogP contribution in [0.5, 0.6) is 5.75 Å². The Morgan fingerprint density at radius 1 is 1.38 bits per heavy atom. The Labute approximate surface area is 95.8 Å². The van der Waals surface area contributed by atoms with Crippen molar-refractivity contribution in [3.05, 3.63) is 29.6 Å². The fourth-order valence-electron chi connectivity index (χ4n) is 2.27. The predicted molar refractivity (Wildman–Crippen MR) is 62.2 cm³/mol. The summed E-state index contributed by atoms with van der Waals surface area (Å²) in [6.45, 7) is 2.10. The Hall–Kier alpha value is -1.09. The number of ether oxygens (including phenoxy) is 1. The minimum atomic E-state index is -0.191. The van der Waals surface area contributed by atoms with Crippen LogP contribution in [0.1, 0.15) is 18.4 Å². The zero-order valence-electron chi connectivity index (χ0n) is 9.63. The van der Waals surface area contributed by atoms with Gasteiger partial charge in [-0.3, -0.25) is 0 Å². The molecule has 0 amide bonds. The van der Waals surface area contributed by atoms with Crippen LogP contribution in [-0.4, -0.2) is 20.2 Å². The molecule has 1 aliphatic rings. The molecule has 1 aliphatic heterocycles. The highest BCUT2D eigenvalue weighted by atomic mass is 19.1. The monoisotopic (exact) mass is 223 g/mol. The molecule has 1 saturated heterocycles. The molecular weight excluding hydrogens is 205 g/mol. The van der Waals surface area contributed by atoms with Gasteiger partial charge in [-0.25, -0.2) is 4.39 Å². The van der Waals surface area contributed by atoms with Gasteiger partial charge in [0.15, 0.2) is 11.6 Å². The Morgan fingerprint density at radius 2 is 2.12 bits per heavy atom. The molecule has 16 heavy (non-hydrogen) atoms. The van der Waals surface area contributed by atoms with E-state index in [1.807, 2.05) is 12.1 Å². The quantitative estimate of drug-likeness (QED) is 0.849. The van der Waals surface area contributed by atoms with Gasteiger partial charge in [-0.15, -0.1) is 0 Å². The molecule has 0 radical (unpaired) electrons. The van der Waals surface area contributed by atoms with E-state index in [-0.39, 0.29) is 5.82 Å². The maximum Gasteiger partial charge on any atom is 0.168 e. The van der Waals surface area contributed by atoms with E-state index in [1.165, 1.54) is 7.11 Å². The first-order chi connectivity index (χ1) is 7.81. The van der Waals surface area contributed by atoms with Crippen molar-refractivity contribution >= 4 is 0 Å². The second-order valence-corrected chi connectivity index (χ2v) is 4.33. The van der Waals surface area contributed by atoms with Gasteiger partial charge in [-0.1, -0.05) is 12.1 Å². The first kappa shape index (κ1) is 11.4.